The highest BCUT2D eigenvalue weighted by atomic mass is 16.5. The number of likely N-dealkylation sites (tertiary alicyclic amines) is 1. The number of benzene rings is 1. The summed E-state index contributed by atoms with van der Waals surface area (Å²) in [5, 5.41) is 0. The van der Waals surface area contributed by atoms with E-state index in [2.05, 4.69) is 6.92 Å². The summed E-state index contributed by atoms with van der Waals surface area (Å²) in [4.78, 5) is 15.1. The number of carbonyl (C=O) groups excluding carboxylic acids is 1. The fraction of sp³-hybridized carbons (Fsp3) is 0.611. The van der Waals surface area contributed by atoms with Gasteiger partial charge in [-0.1, -0.05) is 37.3 Å². The molecule has 0 spiro atoms. The van der Waals surface area contributed by atoms with Crippen molar-refractivity contribution in [3.63, 3.8) is 0 Å². The van der Waals surface area contributed by atoms with Crippen LogP contribution in [-0.4, -0.2) is 36.0 Å². The highest BCUT2D eigenvalue weighted by Gasteiger charge is 2.47. The highest BCUT2D eigenvalue weighted by molar-refractivity contribution is 5.87. The largest absolute Gasteiger partial charge is 0.360 e. The van der Waals surface area contributed by atoms with E-state index >= 15 is 0 Å². The number of nitrogens with zero attached hydrogens (tertiary/aromatic N) is 1. The van der Waals surface area contributed by atoms with Gasteiger partial charge in [-0.25, -0.2) is 0 Å². The maximum Gasteiger partial charge on any atom is 0.259 e. The van der Waals surface area contributed by atoms with Crippen LogP contribution in [-0.2, 0) is 15.1 Å². The van der Waals surface area contributed by atoms with Crippen LogP contribution in [0.25, 0.3) is 0 Å². The fourth-order valence-corrected chi connectivity index (χ4v) is 3.63. The quantitative estimate of drug-likeness (QED) is 0.933. The molecule has 1 aromatic rings. The van der Waals surface area contributed by atoms with Crippen molar-refractivity contribution in [1.29, 1.82) is 0 Å². The Morgan fingerprint density at radius 2 is 1.91 bits per heavy atom. The topological polar surface area (TPSA) is 55.6 Å². The monoisotopic (exact) mass is 302 g/mol. The SMILES string of the molecule is CCC1(N)CCN(C(=O)[C@]2(c3ccccc3)CCCO2)CC1. The zero-order valence-electron chi connectivity index (χ0n) is 13.4. The first-order chi connectivity index (χ1) is 10.6. The first-order valence-corrected chi connectivity index (χ1v) is 8.37. The summed E-state index contributed by atoms with van der Waals surface area (Å²) in [6.07, 6.45) is 4.42. The average molecular weight is 302 g/mol. The summed E-state index contributed by atoms with van der Waals surface area (Å²) in [6.45, 7) is 4.26. The number of hydrogen-bond acceptors (Lipinski definition) is 3. The van der Waals surface area contributed by atoms with Gasteiger partial charge in [-0.05, 0) is 37.7 Å². The minimum absolute atomic E-state index is 0.104. The molecule has 4 heteroatoms. The van der Waals surface area contributed by atoms with Crippen molar-refractivity contribution >= 4 is 5.91 Å². The number of hydrogen-bond donors (Lipinski definition) is 1. The van der Waals surface area contributed by atoms with E-state index in [0.29, 0.717) is 6.61 Å². The average Bonchev–Trinajstić information content (AvgIpc) is 3.07. The predicted octanol–water partition coefficient (Wildman–Crippen LogP) is 2.42. The van der Waals surface area contributed by atoms with Crippen molar-refractivity contribution in [1.82, 2.24) is 4.90 Å². The van der Waals surface area contributed by atoms with Gasteiger partial charge in [-0.3, -0.25) is 4.79 Å². The number of amides is 1. The third-order valence-corrected chi connectivity index (χ3v) is 5.36. The molecule has 0 aromatic heterocycles. The van der Waals surface area contributed by atoms with Crippen LogP contribution in [0.3, 0.4) is 0 Å². The van der Waals surface area contributed by atoms with Gasteiger partial charge >= 0.3 is 0 Å². The molecule has 2 aliphatic rings. The smallest absolute Gasteiger partial charge is 0.259 e. The highest BCUT2D eigenvalue weighted by Crippen LogP contribution is 2.39. The van der Waals surface area contributed by atoms with Crippen LogP contribution in [0.4, 0.5) is 0 Å². The van der Waals surface area contributed by atoms with E-state index in [4.69, 9.17) is 10.5 Å². The van der Waals surface area contributed by atoms with E-state index < -0.39 is 5.60 Å². The van der Waals surface area contributed by atoms with Crippen LogP contribution >= 0.6 is 0 Å². The van der Waals surface area contributed by atoms with E-state index in [1.54, 1.807) is 0 Å². The molecule has 22 heavy (non-hydrogen) atoms. The third kappa shape index (κ3) is 2.66. The second-order valence-corrected chi connectivity index (χ2v) is 6.65. The minimum Gasteiger partial charge on any atom is -0.360 e. The first-order valence-electron chi connectivity index (χ1n) is 8.37. The molecular weight excluding hydrogens is 276 g/mol. The van der Waals surface area contributed by atoms with Crippen molar-refractivity contribution in [2.45, 2.75) is 50.2 Å². The zero-order valence-corrected chi connectivity index (χ0v) is 13.4. The fourth-order valence-electron chi connectivity index (χ4n) is 3.63. The van der Waals surface area contributed by atoms with E-state index in [0.717, 1.165) is 50.8 Å². The molecule has 1 atom stereocenters. The molecule has 2 saturated heterocycles. The van der Waals surface area contributed by atoms with Crippen molar-refractivity contribution < 1.29 is 9.53 Å². The molecule has 1 amide bonds. The van der Waals surface area contributed by atoms with Crippen LogP contribution in [0.15, 0.2) is 30.3 Å². The van der Waals surface area contributed by atoms with Crippen LogP contribution in [0, 0.1) is 0 Å². The van der Waals surface area contributed by atoms with Gasteiger partial charge in [0.15, 0.2) is 5.60 Å². The molecule has 3 rings (SSSR count). The lowest BCUT2D eigenvalue weighted by Gasteiger charge is -2.42. The molecule has 0 saturated carbocycles. The second-order valence-electron chi connectivity index (χ2n) is 6.65. The summed E-state index contributed by atoms with van der Waals surface area (Å²) >= 11 is 0. The molecule has 0 radical (unpaired) electrons. The molecule has 0 aliphatic carbocycles. The lowest BCUT2D eigenvalue weighted by molar-refractivity contribution is -0.156. The Balaban J connectivity index is 1.80. The van der Waals surface area contributed by atoms with Gasteiger partial charge < -0.3 is 15.4 Å². The number of piperidine rings is 1. The number of ether oxygens (including phenoxy) is 1. The van der Waals surface area contributed by atoms with E-state index in [1.165, 1.54) is 0 Å². The van der Waals surface area contributed by atoms with Crippen LogP contribution in [0.2, 0.25) is 0 Å². The molecular formula is C18H26N2O2. The molecule has 0 unspecified atom stereocenters. The summed E-state index contributed by atoms with van der Waals surface area (Å²) < 4.78 is 6.00. The van der Waals surface area contributed by atoms with Gasteiger partial charge in [-0.2, -0.15) is 0 Å². The lowest BCUT2D eigenvalue weighted by atomic mass is 9.84. The third-order valence-electron chi connectivity index (χ3n) is 5.36. The first kappa shape index (κ1) is 15.5. The Hall–Kier alpha value is -1.39. The number of rotatable bonds is 3. The Labute approximate surface area is 132 Å². The van der Waals surface area contributed by atoms with Gasteiger partial charge in [0.25, 0.3) is 5.91 Å². The van der Waals surface area contributed by atoms with E-state index in [-0.39, 0.29) is 11.4 Å². The second kappa shape index (κ2) is 6.01. The number of carbonyl (C=O) groups is 1. The van der Waals surface area contributed by atoms with E-state index in [9.17, 15) is 4.79 Å². The van der Waals surface area contributed by atoms with Crippen molar-refractivity contribution in [2.24, 2.45) is 5.73 Å². The minimum atomic E-state index is -0.776. The van der Waals surface area contributed by atoms with Gasteiger partial charge in [0.05, 0.1) is 0 Å². The molecule has 120 valence electrons. The lowest BCUT2D eigenvalue weighted by Crippen LogP contribution is -2.55. The molecule has 4 nitrogen and oxygen atoms in total. The van der Waals surface area contributed by atoms with Crippen molar-refractivity contribution in [3.8, 4) is 0 Å². The van der Waals surface area contributed by atoms with Crippen LogP contribution in [0.1, 0.15) is 44.6 Å². The molecule has 0 bridgehead atoms. The van der Waals surface area contributed by atoms with Gasteiger partial charge in [0.1, 0.15) is 0 Å². The Kier molecular flexibility index (Phi) is 4.24. The van der Waals surface area contributed by atoms with Crippen LogP contribution < -0.4 is 5.73 Å². The summed E-state index contributed by atoms with van der Waals surface area (Å²) in [7, 11) is 0. The van der Waals surface area contributed by atoms with Crippen LogP contribution in [0.5, 0.6) is 0 Å². The Morgan fingerprint density at radius 3 is 2.45 bits per heavy atom. The Bertz CT molecular complexity index is 515. The van der Waals surface area contributed by atoms with E-state index in [1.807, 2.05) is 35.2 Å². The molecule has 2 fully saturated rings. The normalized spacial score (nSPS) is 27.8. The molecule has 1 aromatic carbocycles. The van der Waals surface area contributed by atoms with Gasteiger partial charge in [0.2, 0.25) is 0 Å². The maximum atomic E-state index is 13.2. The van der Waals surface area contributed by atoms with Gasteiger partial charge in [0, 0.05) is 25.2 Å². The predicted molar refractivity (Wildman–Crippen MR) is 86.3 cm³/mol. The maximum absolute atomic E-state index is 13.2. The number of nitrogens with two attached hydrogens (primary N) is 1. The summed E-state index contributed by atoms with van der Waals surface area (Å²) in [5.41, 5.74) is 6.45. The van der Waals surface area contributed by atoms with Crippen molar-refractivity contribution in [2.75, 3.05) is 19.7 Å². The Morgan fingerprint density at radius 1 is 1.23 bits per heavy atom. The summed E-state index contributed by atoms with van der Waals surface area (Å²) in [5.74, 6) is 0.120. The molecule has 2 N–H and O–H groups in total. The summed E-state index contributed by atoms with van der Waals surface area (Å²) in [6, 6.07) is 9.94. The van der Waals surface area contributed by atoms with Gasteiger partial charge in [-0.15, -0.1) is 0 Å². The molecule has 2 aliphatic heterocycles. The zero-order chi connectivity index (χ0) is 15.6. The van der Waals surface area contributed by atoms with Crippen molar-refractivity contribution in [3.05, 3.63) is 35.9 Å². The standard InChI is InChI=1S/C18H26N2O2/c1-2-17(19)10-12-20(13-11-17)16(21)18(9-6-14-22-18)15-7-4-3-5-8-15/h3-5,7-8H,2,6,9-14,19H2,1H3/t18-/m1/s1. The molecule has 2 heterocycles.